The van der Waals surface area contributed by atoms with E-state index in [9.17, 15) is 5.11 Å². The molecule has 0 spiro atoms. The summed E-state index contributed by atoms with van der Waals surface area (Å²) in [7, 11) is 0. The molecule has 0 aliphatic rings. The van der Waals surface area contributed by atoms with Gasteiger partial charge < -0.3 is 19.7 Å². The lowest BCUT2D eigenvalue weighted by Gasteiger charge is -2.12. The first-order valence-electron chi connectivity index (χ1n) is 16.2. The molecule has 238 valence electrons. The Hall–Kier alpha value is -2.39. The normalized spacial score (nSPS) is 11.4. The van der Waals surface area contributed by atoms with Crippen LogP contribution < -0.4 is 30.7 Å². The minimum Gasteiger partial charge on any atom is -0.491 e. The highest BCUT2D eigenvalue weighted by Gasteiger charge is 2.14. The van der Waals surface area contributed by atoms with Gasteiger partial charge in [0.2, 0.25) is 0 Å². The predicted molar refractivity (Wildman–Crippen MR) is 181 cm³/mol. The maximum Gasteiger partial charge on any atom is 0.357 e. The van der Waals surface area contributed by atoms with Crippen LogP contribution in [0.15, 0.2) is 96.4 Å². The fraction of sp³-hybridized carbons (Fsp3) is 0.421. The molecule has 1 atom stereocenters. The predicted octanol–water partition coefficient (Wildman–Crippen LogP) is 6.65. The maximum atomic E-state index is 10.2. The van der Waals surface area contributed by atoms with E-state index in [-0.39, 0.29) is 33.9 Å². The van der Waals surface area contributed by atoms with Crippen molar-refractivity contribution in [1.82, 2.24) is 0 Å². The number of benzene rings is 3. The smallest absolute Gasteiger partial charge is 0.357 e. The Kier molecular flexibility index (Phi) is 18.9. The van der Waals surface area contributed by atoms with Crippen molar-refractivity contribution in [1.29, 1.82) is 0 Å². The van der Waals surface area contributed by atoms with Crippen LogP contribution in [0.3, 0.4) is 0 Å². The van der Waals surface area contributed by atoms with Crippen LogP contribution in [0.25, 0.3) is 10.4 Å². The molecule has 0 radical (unpaired) electrons. The molecule has 4 aromatic rings. The first kappa shape index (κ1) is 36.1. The Bertz CT molecular complexity index is 1210. The van der Waals surface area contributed by atoms with Crippen molar-refractivity contribution in [2.75, 3.05) is 19.8 Å². The van der Waals surface area contributed by atoms with Crippen LogP contribution in [0.4, 0.5) is 0 Å². The third-order valence-electron chi connectivity index (χ3n) is 7.12. The van der Waals surface area contributed by atoms with Gasteiger partial charge in [0.25, 0.3) is 0 Å². The van der Waals surface area contributed by atoms with E-state index >= 15 is 0 Å². The molecule has 0 saturated carbocycles. The molecule has 4 rings (SSSR count). The highest BCUT2D eigenvalue weighted by molar-refractivity contribution is 7.13. The van der Waals surface area contributed by atoms with Gasteiger partial charge in [0.1, 0.15) is 24.7 Å². The SMILES string of the molecule is CCCCCCCCCCCCC(O)COc1ccc([I+]c2ccccc2)cc1.OCCOc1ccc(-c2cccs2)cc1. The fourth-order valence-electron chi connectivity index (χ4n) is 4.66. The summed E-state index contributed by atoms with van der Waals surface area (Å²) in [6.45, 7) is 3.05. The summed E-state index contributed by atoms with van der Waals surface area (Å²) in [5, 5.41) is 20.8. The van der Waals surface area contributed by atoms with Gasteiger partial charge in [-0.15, -0.1) is 11.3 Å². The number of thiophene rings is 1. The fourth-order valence-corrected chi connectivity index (χ4v) is 7.61. The average Bonchev–Trinajstić information content (AvgIpc) is 3.61. The van der Waals surface area contributed by atoms with Crippen molar-refractivity contribution in [2.45, 2.75) is 83.7 Å². The molecule has 4 nitrogen and oxygen atoms in total. The number of aliphatic hydroxyl groups excluding tert-OH is 2. The Morgan fingerprint density at radius 2 is 1.25 bits per heavy atom. The number of halogens is 1. The molecule has 1 unspecified atom stereocenters. The Morgan fingerprint density at radius 1 is 0.659 bits per heavy atom. The second-order valence-corrected chi connectivity index (χ2v) is 14.8. The summed E-state index contributed by atoms with van der Waals surface area (Å²) in [5.74, 6) is 1.65. The number of unbranched alkanes of at least 4 members (excludes halogenated alkanes) is 9. The van der Waals surface area contributed by atoms with Crippen molar-refractivity contribution in [3.8, 4) is 21.9 Å². The van der Waals surface area contributed by atoms with Crippen molar-refractivity contribution in [3.05, 3.63) is 104 Å². The summed E-state index contributed by atoms with van der Waals surface area (Å²) >= 11 is 1.59. The summed E-state index contributed by atoms with van der Waals surface area (Å²) in [6.07, 6.45) is 13.7. The van der Waals surface area contributed by atoms with Gasteiger partial charge >= 0.3 is 21.2 Å². The molecule has 44 heavy (non-hydrogen) atoms. The molecular formula is C38H50IO4S+. The standard InChI is InChI=1S/C26H38IO2.C12H12O2S/c1-2-3-4-5-6-7-8-9-10-14-17-25(28)22-29-26-20-18-24(19-21-26)27-23-15-12-11-13-16-23;13-7-8-14-11-5-3-10(4-6-11)12-2-1-9-15-12/h11-13,15-16,18-21,25,28H,2-10,14,17,22H2,1H3;1-6,9,13H,7-8H2/q+1;. The summed E-state index contributed by atoms with van der Waals surface area (Å²) in [5.41, 5.74) is 1.20. The third kappa shape index (κ3) is 15.6. The molecule has 1 aromatic heterocycles. The zero-order valence-corrected chi connectivity index (χ0v) is 29.2. The van der Waals surface area contributed by atoms with E-state index < -0.39 is 0 Å². The van der Waals surface area contributed by atoms with E-state index in [1.54, 1.807) is 11.3 Å². The largest absolute Gasteiger partial charge is 0.491 e. The van der Waals surface area contributed by atoms with E-state index in [0.29, 0.717) is 13.2 Å². The number of aliphatic hydroxyl groups is 2. The van der Waals surface area contributed by atoms with Crippen LogP contribution in [0.5, 0.6) is 11.5 Å². The van der Waals surface area contributed by atoms with E-state index in [0.717, 1.165) is 24.3 Å². The summed E-state index contributed by atoms with van der Waals surface area (Å²) in [6, 6.07) is 31.1. The number of hydrogen-bond acceptors (Lipinski definition) is 5. The van der Waals surface area contributed by atoms with Crippen LogP contribution in [-0.2, 0) is 0 Å². The van der Waals surface area contributed by atoms with Crippen LogP contribution >= 0.6 is 11.3 Å². The zero-order chi connectivity index (χ0) is 31.1. The molecule has 0 amide bonds. The van der Waals surface area contributed by atoms with Gasteiger partial charge in [-0.3, -0.25) is 0 Å². The molecule has 6 heteroatoms. The van der Waals surface area contributed by atoms with Gasteiger partial charge in [-0.2, -0.15) is 0 Å². The van der Waals surface area contributed by atoms with Crippen molar-refractivity contribution in [3.63, 3.8) is 0 Å². The molecule has 2 N–H and O–H groups in total. The Balaban J connectivity index is 0.000000293. The van der Waals surface area contributed by atoms with Crippen LogP contribution in [-0.4, -0.2) is 36.1 Å². The van der Waals surface area contributed by atoms with E-state index in [1.807, 2.05) is 42.5 Å². The topological polar surface area (TPSA) is 58.9 Å². The first-order valence-corrected chi connectivity index (χ1v) is 19.2. The van der Waals surface area contributed by atoms with E-state index in [1.165, 1.54) is 75.4 Å². The van der Waals surface area contributed by atoms with Gasteiger partial charge in [0.05, 0.1) is 12.7 Å². The highest BCUT2D eigenvalue weighted by atomic mass is 127. The molecule has 3 aromatic carbocycles. The molecule has 0 bridgehead atoms. The minimum atomic E-state index is -0.361. The van der Waals surface area contributed by atoms with E-state index in [2.05, 4.69) is 60.8 Å². The quantitative estimate of drug-likeness (QED) is 0.0791. The molecule has 0 fully saturated rings. The molecule has 0 saturated heterocycles. The second-order valence-electron chi connectivity index (χ2n) is 10.9. The van der Waals surface area contributed by atoms with Crippen molar-refractivity contribution < 1.29 is 40.9 Å². The van der Waals surface area contributed by atoms with Crippen molar-refractivity contribution in [2.24, 2.45) is 0 Å². The molecule has 1 heterocycles. The Morgan fingerprint density at radius 3 is 1.86 bits per heavy atom. The maximum absolute atomic E-state index is 10.2. The van der Waals surface area contributed by atoms with Gasteiger partial charge in [-0.1, -0.05) is 95.4 Å². The van der Waals surface area contributed by atoms with Crippen LogP contribution in [0.2, 0.25) is 0 Å². The third-order valence-corrected chi connectivity index (χ3v) is 10.7. The lowest BCUT2D eigenvalue weighted by molar-refractivity contribution is -0.597. The Labute approximate surface area is 279 Å². The van der Waals surface area contributed by atoms with E-state index in [4.69, 9.17) is 14.6 Å². The van der Waals surface area contributed by atoms with Gasteiger partial charge in [-0.05, 0) is 84.1 Å². The monoisotopic (exact) mass is 729 g/mol. The van der Waals surface area contributed by atoms with Crippen LogP contribution in [0.1, 0.15) is 77.6 Å². The van der Waals surface area contributed by atoms with Gasteiger partial charge in [0.15, 0.2) is 7.14 Å². The number of ether oxygens (including phenoxy) is 2. The highest BCUT2D eigenvalue weighted by Crippen LogP contribution is 2.26. The zero-order valence-electron chi connectivity index (χ0n) is 26.2. The first-order chi connectivity index (χ1) is 21.7. The second kappa shape index (κ2) is 23.0. The molecule has 0 aliphatic carbocycles. The van der Waals surface area contributed by atoms with Gasteiger partial charge in [-0.25, -0.2) is 0 Å². The van der Waals surface area contributed by atoms with Crippen LogP contribution in [0, 0.1) is 7.14 Å². The number of hydrogen-bond donors (Lipinski definition) is 2. The molecular weight excluding hydrogens is 679 g/mol. The average molecular weight is 730 g/mol. The lowest BCUT2D eigenvalue weighted by Crippen LogP contribution is -3.61. The summed E-state index contributed by atoms with van der Waals surface area (Å²) < 4.78 is 13.9. The molecule has 0 aliphatic heterocycles. The minimum absolute atomic E-state index is 0.0483. The lowest BCUT2D eigenvalue weighted by atomic mass is 10.0. The number of rotatable bonds is 20. The van der Waals surface area contributed by atoms with Crippen molar-refractivity contribution >= 4 is 11.3 Å². The summed E-state index contributed by atoms with van der Waals surface area (Å²) in [4.78, 5) is 1.25. The van der Waals surface area contributed by atoms with Gasteiger partial charge in [0, 0.05) is 4.88 Å².